The molecule has 30 heavy (non-hydrogen) atoms. The highest BCUT2D eigenvalue weighted by molar-refractivity contribution is 7.99. The maximum atomic E-state index is 12.9. The SMILES string of the molecule is O=C(CSc1nnc(-c2ccco2)n1Cc1ccccc1)c1c[nH]c2ccccc12. The van der Waals surface area contributed by atoms with Gasteiger partial charge < -0.3 is 9.40 Å². The van der Waals surface area contributed by atoms with E-state index in [1.165, 1.54) is 11.8 Å². The molecule has 0 bridgehead atoms. The standard InChI is InChI=1S/C23H18N4O2S/c28-20(18-13-24-19-10-5-4-9-17(18)19)15-30-23-26-25-22(21-11-6-12-29-21)27(23)14-16-7-2-1-3-8-16/h1-13,24H,14-15H2. The number of thioether (sulfide) groups is 1. The summed E-state index contributed by atoms with van der Waals surface area (Å²) in [7, 11) is 0. The molecule has 5 aromatic rings. The van der Waals surface area contributed by atoms with Crippen LogP contribution in [0.2, 0.25) is 0 Å². The summed E-state index contributed by atoms with van der Waals surface area (Å²) in [4.78, 5) is 16.0. The Morgan fingerprint density at radius 2 is 1.83 bits per heavy atom. The third-order valence-corrected chi connectivity index (χ3v) is 5.83. The molecule has 5 rings (SSSR count). The quantitative estimate of drug-likeness (QED) is 0.298. The number of rotatable bonds is 7. The van der Waals surface area contributed by atoms with Crippen molar-refractivity contribution in [3.8, 4) is 11.6 Å². The van der Waals surface area contributed by atoms with Gasteiger partial charge in [0.25, 0.3) is 0 Å². The molecule has 0 radical (unpaired) electrons. The Labute approximate surface area is 176 Å². The van der Waals surface area contributed by atoms with E-state index in [1.807, 2.05) is 59.2 Å². The molecule has 0 saturated carbocycles. The number of aromatic amines is 1. The number of fused-ring (bicyclic) bond motifs is 1. The molecule has 1 N–H and O–H groups in total. The summed E-state index contributed by atoms with van der Waals surface area (Å²) in [5.41, 5.74) is 2.77. The van der Waals surface area contributed by atoms with Crippen molar-refractivity contribution in [3.63, 3.8) is 0 Å². The Hall–Kier alpha value is -3.58. The molecule has 148 valence electrons. The van der Waals surface area contributed by atoms with Crippen molar-refractivity contribution in [2.24, 2.45) is 0 Å². The molecular weight excluding hydrogens is 396 g/mol. The van der Waals surface area contributed by atoms with E-state index in [2.05, 4.69) is 27.3 Å². The van der Waals surface area contributed by atoms with Gasteiger partial charge in [-0.15, -0.1) is 10.2 Å². The van der Waals surface area contributed by atoms with Crippen LogP contribution in [0, 0.1) is 0 Å². The lowest BCUT2D eigenvalue weighted by Gasteiger charge is -2.09. The first kappa shape index (κ1) is 18.4. The number of hydrogen-bond acceptors (Lipinski definition) is 5. The third-order valence-electron chi connectivity index (χ3n) is 4.86. The van der Waals surface area contributed by atoms with E-state index in [4.69, 9.17) is 4.42 Å². The Morgan fingerprint density at radius 3 is 2.67 bits per heavy atom. The van der Waals surface area contributed by atoms with E-state index in [0.717, 1.165) is 16.5 Å². The van der Waals surface area contributed by atoms with Crippen LogP contribution in [0.4, 0.5) is 0 Å². The molecule has 7 heteroatoms. The molecule has 2 aromatic carbocycles. The summed E-state index contributed by atoms with van der Waals surface area (Å²) in [6, 6.07) is 21.6. The molecule has 3 heterocycles. The van der Waals surface area contributed by atoms with Crippen molar-refractivity contribution in [3.05, 3.63) is 90.3 Å². The van der Waals surface area contributed by atoms with Crippen molar-refractivity contribution in [1.29, 1.82) is 0 Å². The van der Waals surface area contributed by atoms with Crippen LogP contribution in [0.1, 0.15) is 15.9 Å². The van der Waals surface area contributed by atoms with Crippen molar-refractivity contribution in [1.82, 2.24) is 19.7 Å². The molecule has 0 atom stereocenters. The van der Waals surface area contributed by atoms with Crippen molar-refractivity contribution in [2.75, 3.05) is 5.75 Å². The Kier molecular flexibility index (Phi) is 4.94. The summed E-state index contributed by atoms with van der Waals surface area (Å²) < 4.78 is 7.53. The molecule has 6 nitrogen and oxygen atoms in total. The highest BCUT2D eigenvalue weighted by Gasteiger charge is 2.19. The van der Waals surface area contributed by atoms with Crippen molar-refractivity contribution >= 4 is 28.4 Å². The number of H-pyrrole nitrogens is 1. The zero-order chi connectivity index (χ0) is 20.3. The van der Waals surface area contributed by atoms with E-state index in [-0.39, 0.29) is 11.5 Å². The lowest BCUT2D eigenvalue weighted by Crippen LogP contribution is -2.06. The average molecular weight is 414 g/mol. The molecule has 0 spiro atoms. The monoisotopic (exact) mass is 414 g/mol. The lowest BCUT2D eigenvalue weighted by molar-refractivity contribution is 0.102. The predicted molar refractivity (Wildman–Crippen MR) is 117 cm³/mol. The van der Waals surface area contributed by atoms with Crippen LogP contribution in [-0.4, -0.2) is 31.3 Å². The summed E-state index contributed by atoms with van der Waals surface area (Å²) in [5, 5.41) is 10.3. The molecule has 0 aliphatic carbocycles. The number of hydrogen-bond donors (Lipinski definition) is 1. The Balaban J connectivity index is 1.42. The number of nitrogens with zero attached hydrogens (tertiary/aromatic N) is 3. The summed E-state index contributed by atoms with van der Waals surface area (Å²) in [6.07, 6.45) is 3.39. The number of nitrogens with one attached hydrogen (secondary N) is 1. The van der Waals surface area contributed by atoms with Gasteiger partial charge in [0.05, 0.1) is 18.6 Å². The second-order valence-corrected chi connectivity index (χ2v) is 7.76. The number of carbonyl (C=O) groups is 1. The fourth-order valence-electron chi connectivity index (χ4n) is 3.40. The van der Waals surface area contributed by atoms with Gasteiger partial charge in [0.15, 0.2) is 16.7 Å². The van der Waals surface area contributed by atoms with E-state index in [1.54, 1.807) is 12.5 Å². The number of Topliss-reactive ketones (excluding diaryl/α,β-unsaturated/α-hetero) is 1. The van der Waals surface area contributed by atoms with Crippen molar-refractivity contribution < 1.29 is 9.21 Å². The smallest absolute Gasteiger partial charge is 0.200 e. The van der Waals surface area contributed by atoms with Crippen LogP contribution in [0.3, 0.4) is 0 Å². The number of aromatic nitrogens is 4. The molecule has 0 aliphatic heterocycles. The second-order valence-electron chi connectivity index (χ2n) is 6.82. The first-order valence-electron chi connectivity index (χ1n) is 9.53. The first-order chi connectivity index (χ1) is 14.8. The van der Waals surface area contributed by atoms with E-state index in [0.29, 0.717) is 28.8 Å². The first-order valence-corrected chi connectivity index (χ1v) is 10.5. The minimum absolute atomic E-state index is 0.0475. The van der Waals surface area contributed by atoms with Gasteiger partial charge >= 0.3 is 0 Å². The Morgan fingerprint density at radius 1 is 1.00 bits per heavy atom. The zero-order valence-corrected chi connectivity index (χ0v) is 16.8. The van der Waals surface area contributed by atoms with Gasteiger partial charge in [-0.25, -0.2) is 0 Å². The van der Waals surface area contributed by atoms with E-state index < -0.39 is 0 Å². The van der Waals surface area contributed by atoms with Crippen LogP contribution in [0.25, 0.3) is 22.5 Å². The molecule has 0 amide bonds. The highest BCUT2D eigenvalue weighted by Crippen LogP contribution is 2.27. The zero-order valence-electron chi connectivity index (χ0n) is 16.0. The predicted octanol–water partition coefficient (Wildman–Crippen LogP) is 5.04. The topological polar surface area (TPSA) is 76.7 Å². The Bertz CT molecular complexity index is 1290. The average Bonchev–Trinajstić information content (AvgIpc) is 3.52. The normalized spacial score (nSPS) is 11.2. The minimum Gasteiger partial charge on any atom is -0.461 e. The van der Waals surface area contributed by atoms with Gasteiger partial charge in [0.1, 0.15) is 0 Å². The third kappa shape index (κ3) is 3.55. The minimum atomic E-state index is 0.0475. The second kappa shape index (κ2) is 8.04. The molecular formula is C23H18N4O2S. The number of para-hydroxylation sites is 1. The van der Waals surface area contributed by atoms with Crippen LogP contribution in [-0.2, 0) is 6.54 Å². The van der Waals surface area contributed by atoms with Gasteiger partial charge in [-0.2, -0.15) is 0 Å². The maximum Gasteiger partial charge on any atom is 0.200 e. The molecule has 0 unspecified atom stereocenters. The summed E-state index contributed by atoms with van der Waals surface area (Å²) in [6.45, 7) is 0.591. The fourth-order valence-corrected chi connectivity index (χ4v) is 4.22. The number of ketones is 1. The van der Waals surface area contributed by atoms with Gasteiger partial charge in [0.2, 0.25) is 5.82 Å². The number of furan rings is 1. The summed E-state index contributed by atoms with van der Waals surface area (Å²) >= 11 is 1.38. The number of carbonyl (C=O) groups excluding carboxylic acids is 1. The fraction of sp³-hybridized carbons (Fsp3) is 0.0870. The van der Waals surface area contributed by atoms with Crippen LogP contribution < -0.4 is 0 Å². The van der Waals surface area contributed by atoms with Gasteiger partial charge in [-0.3, -0.25) is 9.36 Å². The van der Waals surface area contributed by atoms with Crippen LogP contribution in [0.15, 0.2) is 88.8 Å². The highest BCUT2D eigenvalue weighted by atomic mass is 32.2. The van der Waals surface area contributed by atoms with Gasteiger partial charge in [-0.1, -0.05) is 60.3 Å². The maximum absolute atomic E-state index is 12.9. The molecule has 0 fully saturated rings. The molecule has 0 saturated heterocycles. The number of benzene rings is 2. The van der Waals surface area contributed by atoms with Crippen molar-refractivity contribution in [2.45, 2.75) is 11.7 Å². The van der Waals surface area contributed by atoms with E-state index >= 15 is 0 Å². The van der Waals surface area contributed by atoms with Gasteiger partial charge in [-0.05, 0) is 23.8 Å². The van der Waals surface area contributed by atoms with Crippen LogP contribution >= 0.6 is 11.8 Å². The van der Waals surface area contributed by atoms with E-state index in [9.17, 15) is 4.79 Å². The van der Waals surface area contributed by atoms with Crippen LogP contribution in [0.5, 0.6) is 0 Å². The summed E-state index contributed by atoms with van der Waals surface area (Å²) in [5.74, 6) is 1.61. The molecule has 3 aromatic heterocycles. The lowest BCUT2D eigenvalue weighted by atomic mass is 10.1. The van der Waals surface area contributed by atoms with Gasteiger partial charge in [0, 0.05) is 22.7 Å². The molecule has 0 aliphatic rings. The largest absolute Gasteiger partial charge is 0.461 e.